The molecule has 0 amide bonds. The average molecular weight is 254 g/mol. The Labute approximate surface area is 109 Å². The molecular formula is C14H20ClNO. The van der Waals surface area contributed by atoms with E-state index in [1.807, 2.05) is 0 Å². The molecule has 0 bridgehead atoms. The molecule has 1 fully saturated rings. The third kappa shape index (κ3) is 3.21. The SMILES string of the molecule is Cc1ccc(C)c(CN2CCOCC2CCl)c1. The number of hydrogen-bond acceptors (Lipinski definition) is 2. The summed E-state index contributed by atoms with van der Waals surface area (Å²) in [5, 5.41) is 0. The number of alkyl halides is 1. The Morgan fingerprint density at radius 1 is 1.41 bits per heavy atom. The summed E-state index contributed by atoms with van der Waals surface area (Å²) in [5.74, 6) is 0.644. The first-order valence-corrected chi connectivity index (χ1v) is 6.68. The minimum Gasteiger partial charge on any atom is -0.378 e. The number of benzene rings is 1. The number of halogens is 1. The highest BCUT2D eigenvalue weighted by atomic mass is 35.5. The Bertz CT molecular complexity index is 380. The first kappa shape index (κ1) is 12.9. The van der Waals surface area contributed by atoms with Gasteiger partial charge in [-0.3, -0.25) is 4.90 Å². The smallest absolute Gasteiger partial charge is 0.0634 e. The lowest BCUT2D eigenvalue weighted by molar-refractivity contribution is -0.00312. The maximum absolute atomic E-state index is 5.99. The van der Waals surface area contributed by atoms with Gasteiger partial charge in [-0.25, -0.2) is 0 Å². The van der Waals surface area contributed by atoms with Crippen molar-refractivity contribution >= 4 is 11.6 Å². The fraction of sp³-hybridized carbons (Fsp3) is 0.571. The number of rotatable bonds is 3. The second-order valence-corrected chi connectivity index (χ2v) is 5.09. The molecule has 2 rings (SSSR count). The van der Waals surface area contributed by atoms with Crippen molar-refractivity contribution in [1.82, 2.24) is 4.90 Å². The third-order valence-corrected chi connectivity index (χ3v) is 3.76. The molecule has 1 aliphatic rings. The quantitative estimate of drug-likeness (QED) is 0.768. The summed E-state index contributed by atoms with van der Waals surface area (Å²) >= 11 is 5.99. The Hall–Kier alpha value is -0.570. The van der Waals surface area contributed by atoms with E-state index in [1.165, 1.54) is 16.7 Å². The van der Waals surface area contributed by atoms with Crippen molar-refractivity contribution in [3.8, 4) is 0 Å². The largest absolute Gasteiger partial charge is 0.378 e. The van der Waals surface area contributed by atoms with Crippen molar-refractivity contribution in [3.63, 3.8) is 0 Å². The maximum Gasteiger partial charge on any atom is 0.0634 e. The van der Waals surface area contributed by atoms with Crippen LogP contribution in [0.5, 0.6) is 0 Å². The molecule has 1 saturated heterocycles. The number of morpholine rings is 1. The molecule has 94 valence electrons. The van der Waals surface area contributed by atoms with Crippen LogP contribution in [0.2, 0.25) is 0 Å². The van der Waals surface area contributed by atoms with Gasteiger partial charge in [0.05, 0.1) is 13.2 Å². The summed E-state index contributed by atoms with van der Waals surface area (Å²) in [6, 6.07) is 6.99. The van der Waals surface area contributed by atoms with Gasteiger partial charge < -0.3 is 4.74 Å². The Morgan fingerprint density at radius 3 is 3.00 bits per heavy atom. The molecule has 2 nitrogen and oxygen atoms in total. The molecule has 0 aromatic heterocycles. The molecule has 0 aliphatic carbocycles. The zero-order chi connectivity index (χ0) is 12.3. The molecule has 1 unspecified atom stereocenters. The fourth-order valence-corrected chi connectivity index (χ4v) is 2.51. The van der Waals surface area contributed by atoms with E-state index in [0.717, 1.165) is 26.3 Å². The molecule has 17 heavy (non-hydrogen) atoms. The minimum absolute atomic E-state index is 0.352. The van der Waals surface area contributed by atoms with Crippen LogP contribution in [0.3, 0.4) is 0 Å². The molecule has 1 aromatic rings. The fourth-order valence-electron chi connectivity index (χ4n) is 2.23. The second-order valence-electron chi connectivity index (χ2n) is 4.78. The molecule has 3 heteroatoms. The van der Waals surface area contributed by atoms with Crippen LogP contribution in [0.25, 0.3) is 0 Å². The monoisotopic (exact) mass is 253 g/mol. The van der Waals surface area contributed by atoms with Crippen molar-refractivity contribution < 1.29 is 4.74 Å². The molecule has 0 spiro atoms. The van der Waals surface area contributed by atoms with Gasteiger partial charge in [0, 0.05) is 25.0 Å². The van der Waals surface area contributed by atoms with Gasteiger partial charge in [0.1, 0.15) is 0 Å². The molecule has 1 heterocycles. The van der Waals surface area contributed by atoms with E-state index < -0.39 is 0 Å². The highest BCUT2D eigenvalue weighted by Crippen LogP contribution is 2.17. The van der Waals surface area contributed by atoms with Crippen molar-refractivity contribution in [1.29, 1.82) is 0 Å². The van der Waals surface area contributed by atoms with Crippen LogP contribution >= 0.6 is 11.6 Å². The minimum atomic E-state index is 0.352. The van der Waals surface area contributed by atoms with Gasteiger partial charge >= 0.3 is 0 Å². The molecule has 1 atom stereocenters. The summed E-state index contributed by atoms with van der Waals surface area (Å²) in [5.41, 5.74) is 4.08. The normalized spacial score (nSPS) is 21.7. The number of ether oxygens (including phenoxy) is 1. The van der Waals surface area contributed by atoms with Gasteiger partial charge in [0.2, 0.25) is 0 Å². The lowest BCUT2D eigenvalue weighted by atomic mass is 10.0. The lowest BCUT2D eigenvalue weighted by Gasteiger charge is -2.34. The van der Waals surface area contributed by atoms with Gasteiger partial charge in [-0.15, -0.1) is 11.6 Å². The number of aryl methyl sites for hydroxylation is 2. The summed E-state index contributed by atoms with van der Waals surface area (Å²) < 4.78 is 5.47. The van der Waals surface area contributed by atoms with E-state index in [2.05, 4.69) is 36.9 Å². The van der Waals surface area contributed by atoms with E-state index in [-0.39, 0.29) is 0 Å². The summed E-state index contributed by atoms with van der Waals surface area (Å²) in [6.45, 7) is 7.85. The average Bonchev–Trinajstić information content (AvgIpc) is 2.34. The summed E-state index contributed by atoms with van der Waals surface area (Å²) in [4.78, 5) is 2.43. The summed E-state index contributed by atoms with van der Waals surface area (Å²) in [7, 11) is 0. The van der Waals surface area contributed by atoms with Crippen LogP contribution in [-0.4, -0.2) is 36.6 Å². The Morgan fingerprint density at radius 2 is 2.24 bits per heavy atom. The standard InChI is InChI=1S/C14H20ClNO/c1-11-3-4-12(2)13(7-11)9-16-5-6-17-10-14(16)8-15/h3-4,7,14H,5-6,8-10H2,1-2H3. The first-order chi connectivity index (χ1) is 8.20. The number of hydrogen-bond donors (Lipinski definition) is 0. The van der Waals surface area contributed by atoms with Crippen LogP contribution < -0.4 is 0 Å². The molecule has 1 aliphatic heterocycles. The van der Waals surface area contributed by atoms with E-state index in [4.69, 9.17) is 16.3 Å². The van der Waals surface area contributed by atoms with Crippen LogP contribution in [0.1, 0.15) is 16.7 Å². The van der Waals surface area contributed by atoms with Gasteiger partial charge in [0.15, 0.2) is 0 Å². The van der Waals surface area contributed by atoms with Gasteiger partial charge in [-0.1, -0.05) is 23.8 Å². The summed E-state index contributed by atoms with van der Waals surface area (Å²) in [6.07, 6.45) is 0. The lowest BCUT2D eigenvalue weighted by Crippen LogP contribution is -2.46. The highest BCUT2D eigenvalue weighted by Gasteiger charge is 2.22. The number of nitrogens with zero attached hydrogens (tertiary/aromatic N) is 1. The van der Waals surface area contributed by atoms with Crippen LogP contribution in [-0.2, 0) is 11.3 Å². The zero-order valence-corrected chi connectivity index (χ0v) is 11.3. The van der Waals surface area contributed by atoms with E-state index in [0.29, 0.717) is 11.9 Å². The first-order valence-electron chi connectivity index (χ1n) is 6.14. The maximum atomic E-state index is 5.99. The third-order valence-electron chi connectivity index (χ3n) is 3.41. The van der Waals surface area contributed by atoms with Crippen molar-refractivity contribution in [2.24, 2.45) is 0 Å². The van der Waals surface area contributed by atoms with Crippen molar-refractivity contribution in [3.05, 3.63) is 34.9 Å². The zero-order valence-electron chi connectivity index (χ0n) is 10.6. The molecular weight excluding hydrogens is 234 g/mol. The highest BCUT2D eigenvalue weighted by molar-refractivity contribution is 6.18. The van der Waals surface area contributed by atoms with Crippen molar-refractivity contribution in [2.75, 3.05) is 25.6 Å². The van der Waals surface area contributed by atoms with Gasteiger partial charge in [0.25, 0.3) is 0 Å². The molecule has 0 saturated carbocycles. The predicted molar refractivity (Wildman–Crippen MR) is 71.7 cm³/mol. The van der Waals surface area contributed by atoms with E-state index in [9.17, 15) is 0 Å². The molecule has 0 N–H and O–H groups in total. The Kier molecular flexibility index (Phi) is 4.43. The van der Waals surface area contributed by atoms with E-state index >= 15 is 0 Å². The van der Waals surface area contributed by atoms with Crippen molar-refractivity contribution in [2.45, 2.75) is 26.4 Å². The van der Waals surface area contributed by atoms with Gasteiger partial charge in [-0.2, -0.15) is 0 Å². The van der Waals surface area contributed by atoms with Gasteiger partial charge in [-0.05, 0) is 25.0 Å². The van der Waals surface area contributed by atoms with Crippen LogP contribution in [0, 0.1) is 13.8 Å². The topological polar surface area (TPSA) is 12.5 Å². The van der Waals surface area contributed by atoms with Crippen LogP contribution in [0.15, 0.2) is 18.2 Å². The predicted octanol–water partition coefficient (Wildman–Crippen LogP) is 2.74. The molecule has 1 aromatic carbocycles. The second kappa shape index (κ2) is 5.85. The Balaban J connectivity index is 2.10. The van der Waals surface area contributed by atoms with E-state index in [1.54, 1.807) is 0 Å². The molecule has 0 radical (unpaired) electrons. The van der Waals surface area contributed by atoms with Crippen LogP contribution in [0.4, 0.5) is 0 Å².